The topological polar surface area (TPSA) is 67.4 Å². The fourth-order valence-electron chi connectivity index (χ4n) is 4.00. The zero-order chi connectivity index (χ0) is 16.1. The molecule has 1 aromatic heterocycles. The smallest absolute Gasteiger partial charge is 0.225 e. The van der Waals surface area contributed by atoms with Crippen molar-refractivity contribution in [2.45, 2.75) is 44.1 Å². The molecular weight excluding hydrogens is 304 g/mol. The monoisotopic (exact) mass is 328 g/mol. The second kappa shape index (κ2) is 5.41. The molecule has 0 unspecified atom stereocenters. The van der Waals surface area contributed by atoms with E-state index >= 15 is 0 Å². The lowest BCUT2D eigenvalue weighted by Gasteiger charge is -2.34. The molecule has 1 N–H and O–H groups in total. The Hall–Kier alpha value is -1.69. The first-order valence-electron chi connectivity index (χ1n) is 9.20. The molecule has 4 aliphatic rings. The van der Waals surface area contributed by atoms with Gasteiger partial charge in [-0.05, 0) is 38.0 Å². The summed E-state index contributed by atoms with van der Waals surface area (Å²) in [4.78, 5) is 23.8. The summed E-state index contributed by atoms with van der Waals surface area (Å²) < 4.78 is 5.85. The summed E-state index contributed by atoms with van der Waals surface area (Å²) in [6.07, 6.45) is 7.60. The van der Waals surface area contributed by atoms with Crippen LogP contribution >= 0.6 is 0 Å². The summed E-state index contributed by atoms with van der Waals surface area (Å²) >= 11 is 0. The number of carbonyl (C=O) groups is 1. The molecule has 1 amide bonds. The highest BCUT2D eigenvalue weighted by atomic mass is 16.5. The minimum absolute atomic E-state index is 0.142. The first-order chi connectivity index (χ1) is 11.7. The Bertz CT molecular complexity index is 671. The van der Waals surface area contributed by atoms with Gasteiger partial charge in [-0.3, -0.25) is 4.79 Å². The third-order valence-corrected chi connectivity index (χ3v) is 5.84. The number of hydrogen-bond acceptors (Lipinski definition) is 5. The van der Waals surface area contributed by atoms with Crippen LogP contribution in [0.1, 0.15) is 43.4 Å². The number of likely N-dealkylation sites (tertiary alicyclic amines) is 1. The Morgan fingerprint density at radius 3 is 3.04 bits per heavy atom. The largest absolute Gasteiger partial charge is 0.376 e. The van der Waals surface area contributed by atoms with Crippen molar-refractivity contribution in [2.75, 3.05) is 31.6 Å². The van der Waals surface area contributed by atoms with Crippen LogP contribution in [0.25, 0.3) is 0 Å². The van der Waals surface area contributed by atoms with Gasteiger partial charge in [-0.15, -0.1) is 0 Å². The molecule has 0 radical (unpaired) electrons. The summed E-state index contributed by atoms with van der Waals surface area (Å²) in [6, 6.07) is 0. The molecule has 6 heteroatoms. The predicted molar refractivity (Wildman–Crippen MR) is 88.5 cm³/mol. The van der Waals surface area contributed by atoms with E-state index in [1.54, 1.807) is 0 Å². The molecule has 5 rings (SSSR count). The van der Waals surface area contributed by atoms with E-state index in [0.29, 0.717) is 19.1 Å². The standard InChI is InChI=1S/C18H24N4O2/c23-16(13-3-4-13)22-6-5-18(10-22)11-24-9-14-8-20-17(21-15(14)18)19-7-12-1-2-12/h8,12-13H,1-7,9-11H2,(H,19,20,21)/t18-/m0/s1. The van der Waals surface area contributed by atoms with Gasteiger partial charge in [0.2, 0.25) is 11.9 Å². The summed E-state index contributed by atoms with van der Waals surface area (Å²) in [5.74, 6) is 2.14. The second-order valence-electron chi connectivity index (χ2n) is 7.95. The van der Waals surface area contributed by atoms with Crippen molar-refractivity contribution in [3.8, 4) is 0 Å². The van der Waals surface area contributed by atoms with Crippen LogP contribution in [0.2, 0.25) is 0 Å². The molecule has 3 fully saturated rings. The zero-order valence-electron chi connectivity index (χ0n) is 14.0. The van der Waals surface area contributed by atoms with E-state index < -0.39 is 0 Å². The van der Waals surface area contributed by atoms with Gasteiger partial charge in [0.1, 0.15) is 0 Å². The fourth-order valence-corrected chi connectivity index (χ4v) is 4.00. The van der Waals surface area contributed by atoms with Crippen molar-refractivity contribution in [1.29, 1.82) is 0 Å². The normalized spacial score (nSPS) is 28.9. The maximum absolute atomic E-state index is 12.4. The van der Waals surface area contributed by atoms with Gasteiger partial charge in [-0.1, -0.05) is 0 Å². The van der Waals surface area contributed by atoms with E-state index in [2.05, 4.69) is 10.3 Å². The maximum Gasteiger partial charge on any atom is 0.225 e. The van der Waals surface area contributed by atoms with Gasteiger partial charge in [0.05, 0.1) is 24.3 Å². The van der Waals surface area contributed by atoms with Gasteiger partial charge in [0.25, 0.3) is 0 Å². The molecule has 2 aliphatic carbocycles. The zero-order valence-corrected chi connectivity index (χ0v) is 14.0. The highest BCUT2D eigenvalue weighted by Crippen LogP contribution is 2.41. The Morgan fingerprint density at radius 1 is 1.38 bits per heavy atom. The Morgan fingerprint density at radius 2 is 2.25 bits per heavy atom. The number of nitrogens with one attached hydrogen (secondary N) is 1. The van der Waals surface area contributed by atoms with E-state index in [1.807, 2.05) is 11.1 Å². The van der Waals surface area contributed by atoms with Crippen LogP contribution in [0.15, 0.2) is 6.20 Å². The molecule has 1 atom stereocenters. The van der Waals surface area contributed by atoms with Crippen molar-refractivity contribution in [2.24, 2.45) is 11.8 Å². The van der Waals surface area contributed by atoms with Crippen molar-refractivity contribution in [3.05, 3.63) is 17.5 Å². The van der Waals surface area contributed by atoms with Gasteiger partial charge in [-0.2, -0.15) is 0 Å². The van der Waals surface area contributed by atoms with Gasteiger partial charge in [0.15, 0.2) is 0 Å². The SMILES string of the molecule is O=C(C1CC1)N1CC[C@@]2(COCc3cnc(NCC4CC4)nc32)C1. The molecule has 1 aromatic rings. The number of amides is 1. The van der Waals surface area contributed by atoms with Crippen LogP contribution in [0.3, 0.4) is 0 Å². The molecule has 0 bridgehead atoms. The van der Waals surface area contributed by atoms with Crippen LogP contribution in [0.4, 0.5) is 5.95 Å². The van der Waals surface area contributed by atoms with Gasteiger partial charge < -0.3 is 15.0 Å². The number of ether oxygens (including phenoxy) is 1. The third kappa shape index (κ3) is 2.57. The predicted octanol–water partition coefficient (Wildman–Crippen LogP) is 1.71. The minimum atomic E-state index is -0.142. The summed E-state index contributed by atoms with van der Waals surface area (Å²) in [7, 11) is 0. The Labute approximate surface area is 142 Å². The van der Waals surface area contributed by atoms with E-state index in [0.717, 1.165) is 62.0 Å². The second-order valence-corrected chi connectivity index (χ2v) is 7.95. The average Bonchev–Trinajstić information content (AvgIpc) is 3.52. The van der Waals surface area contributed by atoms with Gasteiger partial charge in [0, 0.05) is 37.3 Å². The first kappa shape index (κ1) is 14.6. The van der Waals surface area contributed by atoms with Crippen LogP contribution < -0.4 is 5.32 Å². The number of fused-ring (bicyclic) bond motifs is 2. The van der Waals surface area contributed by atoms with Crippen LogP contribution in [0, 0.1) is 11.8 Å². The van der Waals surface area contributed by atoms with E-state index in [4.69, 9.17) is 9.72 Å². The molecule has 128 valence electrons. The van der Waals surface area contributed by atoms with E-state index in [-0.39, 0.29) is 11.3 Å². The highest BCUT2D eigenvalue weighted by molar-refractivity contribution is 5.81. The molecule has 1 spiro atoms. The first-order valence-corrected chi connectivity index (χ1v) is 9.20. The molecule has 6 nitrogen and oxygen atoms in total. The number of carbonyl (C=O) groups excluding carboxylic acids is 1. The number of anilines is 1. The number of rotatable bonds is 4. The lowest BCUT2D eigenvalue weighted by molar-refractivity contribution is -0.131. The quantitative estimate of drug-likeness (QED) is 0.911. The molecule has 2 saturated carbocycles. The van der Waals surface area contributed by atoms with Gasteiger partial charge in [-0.25, -0.2) is 9.97 Å². The van der Waals surface area contributed by atoms with E-state index in [9.17, 15) is 4.79 Å². The van der Waals surface area contributed by atoms with Gasteiger partial charge >= 0.3 is 0 Å². The van der Waals surface area contributed by atoms with Crippen LogP contribution in [-0.2, 0) is 21.6 Å². The maximum atomic E-state index is 12.4. The van der Waals surface area contributed by atoms with Crippen molar-refractivity contribution in [1.82, 2.24) is 14.9 Å². The van der Waals surface area contributed by atoms with Crippen molar-refractivity contribution < 1.29 is 9.53 Å². The van der Waals surface area contributed by atoms with Crippen LogP contribution in [0.5, 0.6) is 0 Å². The molecule has 3 heterocycles. The summed E-state index contributed by atoms with van der Waals surface area (Å²) in [5.41, 5.74) is 2.05. The van der Waals surface area contributed by atoms with Crippen molar-refractivity contribution >= 4 is 11.9 Å². The number of hydrogen-bond donors (Lipinski definition) is 1. The van der Waals surface area contributed by atoms with E-state index in [1.165, 1.54) is 12.8 Å². The molecule has 1 saturated heterocycles. The lowest BCUT2D eigenvalue weighted by Crippen LogP contribution is -2.42. The molecule has 0 aromatic carbocycles. The Balaban J connectivity index is 1.39. The Kier molecular flexibility index (Phi) is 3.30. The average molecular weight is 328 g/mol. The molecule has 2 aliphatic heterocycles. The lowest BCUT2D eigenvalue weighted by atomic mass is 9.80. The highest BCUT2D eigenvalue weighted by Gasteiger charge is 2.48. The van der Waals surface area contributed by atoms with Crippen LogP contribution in [-0.4, -0.2) is 47.0 Å². The number of nitrogens with zero attached hydrogens (tertiary/aromatic N) is 3. The molecule has 24 heavy (non-hydrogen) atoms. The third-order valence-electron chi connectivity index (χ3n) is 5.84. The molecular formula is C18H24N4O2. The van der Waals surface area contributed by atoms with Crippen molar-refractivity contribution in [3.63, 3.8) is 0 Å². The fraction of sp³-hybridized carbons (Fsp3) is 0.722. The summed E-state index contributed by atoms with van der Waals surface area (Å²) in [6.45, 7) is 3.78. The minimum Gasteiger partial charge on any atom is -0.376 e. The number of aromatic nitrogens is 2. The summed E-state index contributed by atoms with van der Waals surface area (Å²) in [5, 5.41) is 3.38.